The van der Waals surface area contributed by atoms with Crippen molar-refractivity contribution in [3.05, 3.63) is 53.6 Å². The maximum absolute atomic E-state index is 14.0. The molecule has 0 bridgehead atoms. The van der Waals surface area contributed by atoms with Gasteiger partial charge in [-0.15, -0.1) is 0 Å². The topological polar surface area (TPSA) is 3.24 Å². The van der Waals surface area contributed by atoms with E-state index in [0.717, 1.165) is 0 Å². The van der Waals surface area contributed by atoms with Gasteiger partial charge in [0.2, 0.25) is 0 Å². The molecule has 0 aliphatic heterocycles. The molecule has 0 aromatic heterocycles. The molecule has 21 heavy (non-hydrogen) atoms. The zero-order valence-corrected chi connectivity index (χ0v) is 11.8. The molecule has 1 nitrogen and oxygen atoms in total. The molecule has 0 unspecified atom stereocenters. The number of para-hydroxylation sites is 1. The number of benzene rings is 2. The van der Waals surface area contributed by atoms with E-state index in [9.17, 15) is 17.6 Å². The molecule has 0 N–H and O–H groups in total. The molecular formula is C16H15F4N. The Hall–Kier alpha value is -2.04. The van der Waals surface area contributed by atoms with Gasteiger partial charge in [-0.1, -0.05) is 18.2 Å². The van der Waals surface area contributed by atoms with Crippen LogP contribution in [-0.4, -0.2) is 13.1 Å². The zero-order valence-electron chi connectivity index (χ0n) is 11.8. The molecule has 0 radical (unpaired) electrons. The van der Waals surface area contributed by atoms with E-state index in [1.165, 1.54) is 6.07 Å². The number of anilines is 1. The number of rotatable bonds is 4. The van der Waals surface area contributed by atoms with Gasteiger partial charge in [-0.25, -0.2) is 17.6 Å². The minimum Gasteiger partial charge on any atom is -0.372 e. The first-order valence-electron chi connectivity index (χ1n) is 6.68. The Morgan fingerprint density at radius 2 is 1.48 bits per heavy atom. The van der Waals surface area contributed by atoms with Gasteiger partial charge in [0.15, 0.2) is 17.5 Å². The Morgan fingerprint density at radius 3 is 2.10 bits per heavy atom. The summed E-state index contributed by atoms with van der Waals surface area (Å²) in [6.07, 6.45) is 0. The van der Waals surface area contributed by atoms with Crippen LogP contribution >= 0.6 is 0 Å². The molecule has 2 aromatic carbocycles. The third-order valence-corrected chi connectivity index (χ3v) is 3.39. The lowest BCUT2D eigenvalue weighted by Gasteiger charge is -2.24. The van der Waals surface area contributed by atoms with Gasteiger partial charge in [0.25, 0.3) is 0 Å². The van der Waals surface area contributed by atoms with Crippen LogP contribution in [0.4, 0.5) is 23.2 Å². The molecule has 112 valence electrons. The SMILES string of the molecule is CCN(CC)c1ccccc1-c1c(F)cc(F)c(F)c1F. The average Bonchev–Trinajstić information content (AvgIpc) is 2.48. The normalized spacial score (nSPS) is 10.8. The van der Waals surface area contributed by atoms with Crippen molar-refractivity contribution in [2.45, 2.75) is 13.8 Å². The molecule has 2 aromatic rings. The Kier molecular flexibility index (Phi) is 4.50. The van der Waals surface area contributed by atoms with Crippen molar-refractivity contribution in [3.63, 3.8) is 0 Å². The van der Waals surface area contributed by atoms with Crippen LogP contribution < -0.4 is 4.90 Å². The molecule has 2 rings (SSSR count). The first-order chi connectivity index (χ1) is 10.0. The van der Waals surface area contributed by atoms with Crippen LogP contribution in [0.2, 0.25) is 0 Å². The molecule has 0 saturated heterocycles. The number of nitrogens with zero attached hydrogens (tertiary/aromatic N) is 1. The fourth-order valence-electron chi connectivity index (χ4n) is 2.34. The fraction of sp³-hybridized carbons (Fsp3) is 0.250. The van der Waals surface area contributed by atoms with Crippen LogP contribution in [0, 0.1) is 23.3 Å². The van der Waals surface area contributed by atoms with Crippen LogP contribution in [0.25, 0.3) is 11.1 Å². The predicted octanol–water partition coefficient (Wildman–Crippen LogP) is 4.76. The van der Waals surface area contributed by atoms with Crippen molar-refractivity contribution >= 4 is 5.69 Å². The van der Waals surface area contributed by atoms with Crippen LogP contribution in [0.15, 0.2) is 30.3 Å². The first-order valence-corrected chi connectivity index (χ1v) is 6.68. The number of hydrogen-bond donors (Lipinski definition) is 0. The maximum atomic E-state index is 14.0. The van der Waals surface area contributed by atoms with Crippen molar-refractivity contribution in [2.75, 3.05) is 18.0 Å². The van der Waals surface area contributed by atoms with E-state index >= 15 is 0 Å². The van der Waals surface area contributed by atoms with E-state index in [2.05, 4.69) is 0 Å². The average molecular weight is 297 g/mol. The lowest BCUT2D eigenvalue weighted by atomic mass is 10.0. The van der Waals surface area contributed by atoms with E-state index in [1.807, 2.05) is 18.7 Å². The number of halogens is 4. The van der Waals surface area contributed by atoms with Gasteiger partial charge in [0, 0.05) is 30.4 Å². The first kappa shape index (κ1) is 15.4. The Bertz CT molecular complexity index is 651. The summed E-state index contributed by atoms with van der Waals surface area (Å²) in [5, 5.41) is 0. The fourth-order valence-corrected chi connectivity index (χ4v) is 2.34. The summed E-state index contributed by atoms with van der Waals surface area (Å²) in [6.45, 7) is 5.05. The second-order valence-corrected chi connectivity index (χ2v) is 4.53. The molecule has 0 saturated carbocycles. The second-order valence-electron chi connectivity index (χ2n) is 4.53. The van der Waals surface area contributed by atoms with E-state index in [4.69, 9.17) is 0 Å². The van der Waals surface area contributed by atoms with E-state index in [-0.39, 0.29) is 5.56 Å². The largest absolute Gasteiger partial charge is 0.372 e. The van der Waals surface area contributed by atoms with Crippen LogP contribution in [0.5, 0.6) is 0 Å². The predicted molar refractivity (Wildman–Crippen MR) is 75.3 cm³/mol. The van der Waals surface area contributed by atoms with Gasteiger partial charge in [0.1, 0.15) is 5.82 Å². The van der Waals surface area contributed by atoms with Gasteiger partial charge in [-0.3, -0.25) is 0 Å². The molecule has 0 atom stereocenters. The highest BCUT2D eigenvalue weighted by atomic mass is 19.2. The molecule has 0 heterocycles. The molecule has 0 fully saturated rings. The van der Waals surface area contributed by atoms with E-state index in [0.29, 0.717) is 24.8 Å². The summed E-state index contributed by atoms with van der Waals surface area (Å²) in [6, 6.07) is 6.89. The molecule has 0 amide bonds. The standard InChI is InChI=1S/C16H15F4N/c1-3-21(4-2)13-8-6-5-7-10(13)14-11(17)9-12(18)15(19)16(14)20/h5-9H,3-4H2,1-2H3. The summed E-state index contributed by atoms with van der Waals surface area (Å²) in [7, 11) is 0. The minimum absolute atomic E-state index is 0.204. The Labute approximate surface area is 120 Å². The quantitative estimate of drug-likeness (QED) is 0.447. The number of hydrogen-bond acceptors (Lipinski definition) is 1. The smallest absolute Gasteiger partial charge is 0.195 e. The van der Waals surface area contributed by atoms with Crippen molar-refractivity contribution in [1.82, 2.24) is 0 Å². The maximum Gasteiger partial charge on any atom is 0.195 e. The summed E-state index contributed by atoms with van der Waals surface area (Å²) in [4.78, 5) is 1.88. The van der Waals surface area contributed by atoms with Gasteiger partial charge in [-0.2, -0.15) is 0 Å². The van der Waals surface area contributed by atoms with Crippen LogP contribution in [0.3, 0.4) is 0 Å². The van der Waals surface area contributed by atoms with E-state index in [1.54, 1.807) is 18.2 Å². The van der Waals surface area contributed by atoms with Crippen molar-refractivity contribution in [1.29, 1.82) is 0 Å². The van der Waals surface area contributed by atoms with Crippen molar-refractivity contribution in [2.24, 2.45) is 0 Å². The lowest BCUT2D eigenvalue weighted by Crippen LogP contribution is -2.22. The minimum atomic E-state index is -1.67. The van der Waals surface area contributed by atoms with Gasteiger partial charge >= 0.3 is 0 Å². The Balaban J connectivity index is 2.71. The third kappa shape index (κ3) is 2.73. The summed E-state index contributed by atoms with van der Waals surface area (Å²) in [5.74, 6) is -5.83. The van der Waals surface area contributed by atoms with Crippen LogP contribution in [0.1, 0.15) is 13.8 Å². The van der Waals surface area contributed by atoms with Gasteiger partial charge in [0.05, 0.1) is 5.56 Å². The van der Waals surface area contributed by atoms with E-state index < -0.39 is 28.8 Å². The van der Waals surface area contributed by atoms with Gasteiger partial charge < -0.3 is 4.90 Å². The highest BCUT2D eigenvalue weighted by molar-refractivity contribution is 5.79. The molecule has 0 spiro atoms. The summed E-state index contributed by atoms with van der Waals surface area (Å²) in [5.41, 5.74) is 0.234. The van der Waals surface area contributed by atoms with Crippen LogP contribution in [-0.2, 0) is 0 Å². The molecule has 0 aliphatic rings. The molecule has 5 heteroatoms. The summed E-state index contributed by atoms with van der Waals surface area (Å²) < 4.78 is 54.4. The molecular weight excluding hydrogens is 282 g/mol. The second kappa shape index (κ2) is 6.16. The van der Waals surface area contributed by atoms with Crippen molar-refractivity contribution in [3.8, 4) is 11.1 Å². The third-order valence-electron chi connectivity index (χ3n) is 3.39. The highest BCUT2D eigenvalue weighted by Gasteiger charge is 2.23. The zero-order chi connectivity index (χ0) is 15.6. The monoisotopic (exact) mass is 297 g/mol. The van der Waals surface area contributed by atoms with Crippen molar-refractivity contribution < 1.29 is 17.6 Å². The Morgan fingerprint density at radius 1 is 0.857 bits per heavy atom. The molecule has 0 aliphatic carbocycles. The highest BCUT2D eigenvalue weighted by Crippen LogP contribution is 2.35. The van der Waals surface area contributed by atoms with Gasteiger partial charge in [-0.05, 0) is 19.9 Å². The summed E-state index contributed by atoms with van der Waals surface area (Å²) >= 11 is 0. The lowest BCUT2D eigenvalue weighted by molar-refractivity contribution is 0.437.